The van der Waals surface area contributed by atoms with Crippen molar-refractivity contribution in [2.24, 2.45) is 0 Å². The average Bonchev–Trinajstić information content (AvgIpc) is 3.88. The zero-order valence-electron chi connectivity index (χ0n) is 35.9. The summed E-state index contributed by atoms with van der Waals surface area (Å²) in [4.78, 5) is 2.46. The molecule has 2 aliphatic carbocycles. The van der Waals surface area contributed by atoms with Gasteiger partial charge in [-0.25, -0.2) is 0 Å². The van der Waals surface area contributed by atoms with Gasteiger partial charge in [-0.3, -0.25) is 0 Å². The Balaban J connectivity index is 1.17. The van der Waals surface area contributed by atoms with E-state index in [1.165, 1.54) is 66.4 Å². The Labute approximate surface area is 347 Å². The minimum atomic E-state index is -0.247. The first-order valence-electron chi connectivity index (χ1n) is 21.2. The molecule has 7 aromatic carbocycles. The lowest BCUT2D eigenvalue weighted by Gasteiger charge is -2.30. The van der Waals surface area contributed by atoms with Crippen molar-refractivity contribution in [1.82, 2.24) is 0 Å². The molecular weight excluding hydrogens is 719 g/mol. The Bertz CT molecular complexity index is 3240. The van der Waals surface area contributed by atoms with Crippen molar-refractivity contribution in [1.29, 1.82) is 0 Å². The Morgan fingerprint density at radius 2 is 1.08 bits per heavy atom. The summed E-state index contributed by atoms with van der Waals surface area (Å²) >= 11 is 0. The molecule has 292 valence electrons. The standard InChI is InChI=1S/C56H51NO2/c1-53(2,3)32-26-40-39-30-45-41(31-50(39)59-52(40)46(27-32)54(4,5)6)51-43(56(45,9)10)19-15-20-47(51)57(34-23-25-38-37-17-12-14-21-48(37)58-49(38)29-34)33-22-24-36-35-16-11-13-18-42(35)55(7,8)44(36)28-33/h11-31H,1-10H3. The molecule has 0 saturated carbocycles. The lowest BCUT2D eigenvalue weighted by Crippen LogP contribution is -2.17. The average molecular weight is 770 g/mol. The summed E-state index contributed by atoms with van der Waals surface area (Å²) in [5, 5.41) is 4.64. The highest BCUT2D eigenvalue weighted by atomic mass is 16.3. The number of fused-ring (bicyclic) bond motifs is 12. The van der Waals surface area contributed by atoms with E-state index in [2.05, 4.69) is 195 Å². The van der Waals surface area contributed by atoms with E-state index in [-0.39, 0.29) is 21.7 Å². The molecule has 59 heavy (non-hydrogen) atoms. The number of nitrogens with zero attached hydrogens (tertiary/aromatic N) is 1. The van der Waals surface area contributed by atoms with Gasteiger partial charge in [-0.05, 0) is 110 Å². The van der Waals surface area contributed by atoms with Crippen molar-refractivity contribution in [3.8, 4) is 22.3 Å². The minimum Gasteiger partial charge on any atom is -0.456 e. The molecule has 0 saturated heterocycles. The van der Waals surface area contributed by atoms with Crippen molar-refractivity contribution in [2.45, 2.75) is 90.9 Å². The number of hydrogen-bond acceptors (Lipinski definition) is 3. The van der Waals surface area contributed by atoms with E-state index in [1.54, 1.807) is 0 Å². The summed E-state index contributed by atoms with van der Waals surface area (Å²) in [6.45, 7) is 23.3. The molecule has 0 aliphatic heterocycles. The maximum absolute atomic E-state index is 7.01. The van der Waals surface area contributed by atoms with Gasteiger partial charge < -0.3 is 13.7 Å². The molecule has 0 unspecified atom stereocenters. The highest BCUT2D eigenvalue weighted by molar-refractivity contribution is 6.10. The van der Waals surface area contributed by atoms with Crippen molar-refractivity contribution < 1.29 is 8.83 Å². The van der Waals surface area contributed by atoms with Crippen LogP contribution in [0.15, 0.2) is 136 Å². The first-order chi connectivity index (χ1) is 28.0. The normalized spacial score (nSPS) is 15.2. The van der Waals surface area contributed by atoms with E-state index in [0.717, 1.165) is 50.2 Å². The molecule has 2 aliphatic rings. The second kappa shape index (κ2) is 11.8. The monoisotopic (exact) mass is 769 g/mol. The van der Waals surface area contributed by atoms with E-state index < -0.39 is 0 Å². The first kappa shape index (κ1) is 36.1. The first-order valence-corrected chi connectivity index (χ1v) is 21.2. The maximum Gasteiger partial charge on any atom is 0.139 e. The predicted molar refractivity (Wildman–Crippen MR) is 248 cm³/mol. The number of anilines is 3. The molecule has 3 heteroatoms. The highest BCUT2D eigenvalue weighted by Gasteiger charge is 2.40. The molecule has 11 rings (SSSR count). The SMILES string of the molecule is CC(C)(C)c1cc(C(C)(C)C)c2oc3cc4c(cc3c2c1)C(C)(C)c1cccc(N(c2ccc3c(c2)C(C)(C)c2ccccc2-3)c2ccc3c(c2)oc2ccccc23)c1-4. The molecular formula is C56H51NO2. The fraction of sp³-hybridized carbons (Fsp3) is 0.250. The third-order valence-electron chi connectivity index (χ3n) is 13.7. The lowest BCUT2D eigenvalue weighted by atomic mass is 9.79. The third-order valence-corrected chi connectivity index (χ3v) is 13.7. The van der Waals surface area contributed by atoms with Gasteiger partial charge in [0.05, 0.1) is 5.69 Å². The van der Waals surface area contributed by atoms with Crippen LogP contribution >= 0.6 is 0 Å². The molecule has 0 fully saturated rings. The molecule has 0 atom stereocenters. The van der Waals surface area contributed by atoms with Gasteiger partial charge >= 0.3 is 0 Å². The summed E-state index contributed by atoms with van der Waals surface area (Å²) in [5.41, 5.74) is 19.6. The molecule has 0 amide bonds. The zero-order valence-corrected chi connectivity index (χ0v) is 35.9. The van der Waals surface area contributed by atoms with E-state index >= 15 is 0 Å². The van der Waals surface area contributed by atoms with E-state index in [9.17, 15) is 0 Å². The Hall–Kier alpha value is -6.06. The van der Waals surface area contributed by atoms with Crippen LogP contribution in [0.2, 0.25) is 0 Å². The van der Waals surface area contributed by atoms with Gasteiger partial charge in [-0.15, -0.1) is 0 Å². The van der Waals surface area contributed by atoms with Crippen LogP contribution in [0.4, 0.5) is 17.1 Å². The van der Waals surface area contributed by atoms with Crippen molar-refractivity contribution in [3.63, 3.8) is 0 Å². The van der Waals surface area contributed by atoms with Crippen LogP contribution in [-0.2, 0) is 21.7 Å². The summed E-state index contributed by atoms with van der Waals surface area (Å²) < 4.78 is 13.6. The van der Waals surface area contributed by atoms with E-state index in [1.807, 2.05) is 6.07 Å². The molecule has 2 aromatic heterocycles. The second-order valence-corrected chi connectivity index (χ2v) is 20.2. The van der Waals surface area contributed by atoms with E-state index in [4.69, 9.17) is 8.83 Å². The van der Waals surface area contributed by atoms with Crippen LogP contribution < -0.4 is 4.90 Å². The molecule has 0 N–H and O–H groups in total. The van der Waals surface area contributed by atoms with Crippen LogP contribution in [0, 0.1) is 0 Å². The van der Waals surface area contributed by atoms with Crippen LogP contribution in [0.5, 0.6) is 0 Å². The number of furan rings is 2. The summed E-state index contributed by atoms with van der Waals surface area (Å²) in [6, 6.07) is 47.4. The number of hydrogen-bond donors (Lipinski definition) is 0. The van der Waals surface area contributed by atoms with Gasteiger partial charge in [0.15, 0.2) is 0 Å². The van der Waals surface area contributed by atoms with Crippen molar-refractivity contribution in [2.75, 3.05) is 4.90 Å². The summed E-state index contributed by atoms with van der Waals surface area (Å²) in [5.74, 6) is 0. The van der Waals surface area contributed by atoms with Crippen LogP contribution in [0.25, 0.3) is 66.1 Å². The van der Waals surface area contributed by atoms with Gasteiger partial charge in [0, 0.05) is 60.9 Å². The van der Waals surface area contributed by atoms with Crippen LogP contribution in [0.3, 0.4) is 0 Å². The van der Waals surface area contributed by atoms with Gasteiger partial charge in [-0.2, -0.15) is 0 Å². The quantitative estimate of drug-likeness (QED) is 0.179. The predicted octanol–water partition coefficient (Wildman–Crippen LogP) is 16.2. The second-order valence-electron chi connectivity index (χ2n) is 20.2. The van der Waals surface area contributed by atoms with Crippen LogP contribution in [0.1, 0.15) is 103 Å². The molecule has 3 nitrogen and oxygen atoms in total. The van der Waals surface area contributed by atoms with Gasteiger partial charge in [-0.1, -0.05) is 136 Å². The molecule has 9 aromatic rings. The largest absolute Gasteiger partial charge is 0.456 e. The van der Waals surface area contributed by atoms with Crippen molar-refractivity contribution >= 4 is 60.9 Å². The third kappa shape index (κ3) is 5.06. The molecule has 0 bridgehead atoms. The topological polar surface area (TPSA) is 29.5 Å². The fourth-order valence-corrected chi connectivity index (χ4v) is 10.4. The minimum absolute atomic E-state index is 0.00330. The summed E-state index contributed by atoms with van der Waals surface area (Å²) in [6.07, 6.45) is 0. The van der Waals surface area contributed by atoms with E-state index in [0.29, 0.717) is 0 Å². The summed E-state index contributed by atoms with van der Waals surface area (Å²) in [7, 11) is 0. The van der Waals surface area contributed by atoms with Gasteiger partial charge in [0.25, 0.3) is 0 Å². The van der Waals surface area contributed by atoms with Gasteiger partial charge in [0.2, 0.25) is 0 Å². The number of para-hydroxylation sites is 1. The van der Waals surface area contributed by atoms with Crippen molar-refractivity contribution in [3.05, 3.63) is 161 Å². The highest BCUT2D eigenvalue weighted by Crippen LogP contribution is 2.57. The number of benzene rings is 7. The lowest BCUT2D eigenvalue weighted by molar-refractivity contribution is 0.559. The fourth-order valence-electron chi connectivity index (χ4n) is 10.4. The Morgan fingerprint density at radius 1 is 0.441 bits per heavy atom. The maximum atomic E-state index is 7.01. The van der Waals surface area contributed by atoms with Crippen LogP contribution in [-0.4, -0.2) is 0 Å². The van der Waals surface area contributed by atoms with Gasteiger partial charge in [0.1, 0.15) is 22.3 Å². The molecule has 0 radical (unpaired) electrons. The smallest absolute Gasteiger partial charge is 0.139 e. The Kier molecular flexibility index (Phi) is 7.20. The Morgan fingerprint density at radius 3 is 1.88 bits per heavy atom. The zero-order chi connectivity index (χ0) is 41.0. The number of rotatable bonds is 3. The molecule has 0 spiro atoms. The molecule has 2 heterocycles.